The molecule has 0 aromatic heterocycles. The lowest BCUT2D eigenvalue weighted by atomic mass is 9.80. The maximum absolute atomic E-state index is 14.9. The van der Waals surface area contributed by atoms with Crippen molar-refractivity contribution in [3.05, 3.63) is 58.0 Å². The van der Waals surface area contributed by atoms with E-state index in [9.17, 15) is 34.5 Å². The number of esters is 1. The Morgan fingerprint density at radius 2 is 1.57 bits per heavy atom. The van der Waals surface area contributed by atoms with Crippen molar-refractivity contribution in [2.24, 2.45) is 45.5 Å². The minimum atomic E-state index is -1.92. The largest absolute Gasteiger partial charge is 0.507 e. The van der Waals surface area contributed by atoms with Crippen molar-refractivity contribution >= 4 is 40.0 Å². The van der Waals surface area contributed by atoms with E-state index in [0.29, 0.717) is 56.3 Å². The number of rotatable bonds is 7. The van der Waals surface area contributed by atoms with Gasteiger partial charge in [0.1, 0.15) is 34.6 Å². The molecule has 0 radical (unpaired) electrons. The Kier molecular flexibility index (Phi) is 18.8. The lowest BCUT2D eigenvalue weighted by Gasteiger charge is -2.41. The second-order valence-corrected chi connectivity index (χ2v) is 23.1. The average Bonchev–Trinajstić information content (AvgIpc) is 3.92. The molecule has 2 amide bonds. The fourth-order valence-corrected chi connectivity index (χ4v) is 12.4. The number of nitrogens with zero attached hydrogens (tertiary/aromatic N) is 5. The maximum atomic E-state index is 14.9. The zero-order chi connectivity index (χ0) is 55.4. The number of allylic oxidation sites excluding steroid dienone is 4. The van der Waals surface area contributed by atoms with Crippen LogP contribution in [-0.2, 0) is 23.9 Å². The summed E-state index contributed by atoms with van der Waals surface area (Å²) in [6.45, 7) is 24.5. The zero-order valence-electron chi connectivity index (χ0n) is 47.0. The van der Waals surface area contributed by atoms with Crippen LogP contribution in [0.1, 0.15) is 142 Å². The number of piperidine rings is 3. The molecule has 9 rings (SSSR count). The Labute approximate surface area is 449 Å². The van der Waals surface area contributed by atoms with Crippen molar-refractivity contribution < 1.29 is 53.8 Å². The highest BCUT2D eigenvalue weighted by atomic mass is 16.7. The van der Waals surface area contributed by atoms with Crippen LogP contribution in [0.5, 0.6) is 17.2 Å². The molecule has 7 aliphatic rings. The second-order valence-electron chi connectivity index (χ2n) is 23.1. The first-order valence-electron chi connectivity index (χ1n) is 28.0. The highest BCUT2D eigenvalue weighted by molar-refractivity contribution is 6.19. The third kappa shape index (κ3) is 12.0. The van der Waals surface area contributed by atoms with Gasteiger partial charge in [-0.2, -0.15) is 0 Å². The Morgan fingerprint density at radius 1 is 0.908 bits per heavy atom. The molecule has 17 nitrogen and oxygen atoms in total. The Morgan fingerprint density at radius 3 is 2.21 bits per heavy atom. The monoisotopic (exact) mass is 1050 g/mol. The number of Topliss-reactive ketones (excluding diaryl/α,β-unsaturated/α-hetero) is 1. The van der Waals surface area contributed by atoms with E-state index >= 15 is 0 Å². The number of phenols is 2. The van der Waals surface area contributed by atoms with Crippen LogP contribution in [0.4, 0.5) is 5.69 Å². The molecule has 7 heterocycles. The van der Waals surface area contributed by atoms with Gasteiger partial charge in [-0.1, -0.05) is 73.1 Å². The van der Waals surface area contributed by atoms with Gasteiger partial charge in [-0.05, 0) is 102 Å². The molecule has 0 aliphatic carbocycles. The van der Waals surface area contributed by atoms with Gasteiger partial charge in [0.15, 0.2) is 11.4 Å². The fourth-order valence-electron chi connectivity index (χ4n) is 12.4. The van der Waals surface area contributed by atoms with E-state index in [2.05, 4.69) is 29.0 Å². The van der Waals surface area contributed by atoms with Crippen molar-refractivity contribution in [3.63, 3.8) is 0 Å². The summed E-state index contributed by atoms with van der Waals surface area (Å²) in [5.41, 5.74) is -0.377. The van der Waals surface area contributed by atoms with Crippen LogP contribution in [0.25, 0.3) is 10.8 Å². The highest BCUT2D eigenvalue weighted by Crippen LogP contribution is 2.50. The van der Waals surface area contributed by atoms with Gasteiger partial charge in [0.05, 0.1) is 28.7 Å². The first kappa shape index (κ1) is 58.3. The lowest BCUT2D eigenvalue weighted by molar-refractivity contribution is -0.168. The molecule has 3 fully saturated rings. The number of anilines is 1. The molecular formula is C59H86N6O11. The van der Waals surface area contributed by atoms with Gasteiger partial charge in [0.25, 0.3) is 11.7 Å². The van der Waals surface area contributed by atoms with Crippen LogP contribution in [-0.4, -0.2) is 141 Å². The number of phenolic OH excluding ortho intramolecular Hbond substituents is 2. The Balaban J connectivity index is 0.00000415. The molecule has 0 saturated carbocycles. The number of aromatic hydroxyl groups is 2. The summed E-state index contributed by atoms with van der Waals surface area (Å²) in [6, 6.07) is 0.448. The fraction of sp³-hybridized carbons (Fsp3) is 0.661. The molecule has 17 heteroatoms. The minimum absolute atomic E-state index is 0.0136. The first-order chi connectivity index (χ1) is 36.2. The molecule has 7 aliphatic heterocycles. The Hall–Kier alpha value is -5.36. The lowest BCUT2D eigenvalue weighted by Crippen LogP contribution is -2.50. The van der Waals surface area contributed by atoms with Crippen molar-refractivity contribution in [2.45, 2.75) is 163 Å². The van der Waals surface area contributed by atoms with Crippen molar-refractivity contribution in [2.75, 3.05) is 58.2 Å². The van der Waals surface area contributed by atoms with Crippen LogP contribution in [0.15, 0.2) is 46.1 Å². The van der Waals surface area contributed by atoms with E-state index in [-0.39, 0.29) is 79.9 Å². The SMILES string of the molecule is CCC(C(=O)OC1[C@H](C)C(O)[C@H](C)CC(C)/C=C/C=C(/C)C(=O)Nc2c(O)c3c(O)c(C)c4c(c3c3c2=NC2(CCN(CC(C)C)CC2)N=3)C(=O)C(C)(O/C=C/C[C@H]1C)O4)C(=O)N1CCC(N2CCCCC2)CC1.CO. The van der Waals surface area contributed by atoms with E-state index in [4.69, 9.17) is 29.3 Å². The number of hydrogen-bond acceptors (Lipinski definition) is 15. The summed E-state index contributed by atoms with van der Waals surface area (Å²) in [7, 11) is 1.00. The van der Waals surface area contributed by atoms with Gasteiger partial charge in [0.2, 0.25) is 5.91 Å². The number of likely N-dealkylation sites (tertiary alicyclic amines) is 3. The number of hydrogen-bond donors (Lipinski definition) is 5. The summed E-state index contributed by atoms with van der Waals surface area (Å²) in [5.74, 6) is -6.28. The number of nitrogens with one attached hydrogen (secondary N) is 1. The van der Waals surface area contributed by atoms with Gasteiger partial charge < -0.3 is 54.7 Å². The number of carbonyl (C=O) groups excluding carboxylic acids is 4. The molecule has 2 aromatic carbocycles. The number of carbonyl (C=O) groups is 4. The zero-order valence-corrected chi connectivity index (χ0v) is 47.0. The van der Waals surface area contributed by atoms with E-state index in [1.54, 1.807) is 32.1 Å². The number of benzene rings is 2. The van der Waals surface area contributed by atoms with E-state index in [1.807, 2.05) is 45.6 Å². The predicted molar refractivity (Wildman–Crippen MR) is 291 cm³/mol. The van der Waals surface area contributed by atoms with Gasteiger partial charge in [0, 0.05) is 88.1 Å². The highest BCUT2D eigenvalue weighted by Gasteiger charge is 2.50. The summed E-state index contributed by atoms with van der Waals surface area (Å²) in [4.78, 5) is 74.5. The van der Waals surface area contributed by atoms with Crippen LogP contribution in [0.2, 0.25) is 0 Å². The van der Waals surface area contributed by atoms with E-state index in [1.165, 1.54) is 32.4 Å². The van der Waals surface area contributed by atoms with Crippen LogP contribution < -0.4 is 20.8 Å². The Bertz CT molecular complexity index is 2700. The molecule has 418 valence electrons. The summed E-state index contributed by atoms with van der Waals surface area (Å²) in [6.07, 6.45) is 14.5. The van der Waals surface area contributed by atoms with Crippen LogP contribution >= 0.6 is 0 Å². The molecule has 8 atom stereocenters. The first-order valence-corrected chi connectivity index (χ1v) is 28.0. The van der Waals surface area contributed by atoms with E-state index < -0.39 is 58.9 Å². The third-order valence-electron chi connectivity index (χ3n) is 16.8. The molecule has 2 aromatic rings. The van der Waals surface area contributed by atoms with Gasteiger partial charge in [-0.15, -0.1) is 0 Å². The standard InChI is InChI=1S/C58H82N6O10.CH4O/c1-11-41(55(70)64-26-20-40(21-27-64)63-24-13-12-14-25-63)56(71)73-51-35(5)19-16-30-72-57(10)53(68)44-42-43(49(66)39(9)52(44)74-57)50(67)47(46-45(42)60-58(61-46)22-28-62(29-23-58)32-33(2)3)59-54(69)36(6)18-15-17-34(4)31-37(7)48(65)38(51)8;1-2/h15-18,30,33-35,37-38,40-41,48,51,65-67H,11-14,19-29,31-32H2,1-10H3,(H,59,69);2H,1H3/b17-15+,30-16+,36-18-;/t34?,35-,37-,38-,41?,48?,51?,57?;/m1./s1. The van der Waals surface area contributed by atoms with Gasteiger partial charge in [-0.3, -0.25) is 29.2 Å². The van der Waals surface area contributed by atoms with Crippen LogP contribution in [0.3, 0.4) is 0 Å². The number of amides is 2. The third-order valence-corrected chi connectivity index (χ3v) is 16.8. The van der Waals surface area contributed by atoms with Gasteiger partial charge in [-0.25, -0.2) is 0 Å². The van der Waals surface area contributed by atoms with Crippen molar-refractivity contribution in [3.8, 4) is 17.2 Å². The molecule has 5 unspecified atom stereocenters. The topological polar surface area (TPSA) is 223 Å². The number of aliphatic hydroxyl groups is 2. The molecule has 76 heavy (non-hydrogen) atoms. The number of aliphatic hydroxyl groups excluding tert-OH is 2. The quantitative estimate of drug-likeness (QED) is 0.105. The summed E-state index contributed by atoms with van der Waals surface area (Å²) >= 11 is 0. The smallest absolute Gasteiger partial charge is 0.318 e. The van der Waals surface area contributed by atoms with Crippen molar-refractivity contribution in [1.82, 2.24) is 14.7 Å². The molecule has 5 bridgehead atoms. The molecular weight excluding hydrogens is 969 g/mol. The van der Waals surface area contributed by atoms with Gasteiger partial charge >= 0.3 is 11.8 Å². The summed E-state index contributed by atoms with van der Waals surface area (Å²) < 4.78 is 19.0. The molecule has 5 N–H and O–H groups in total. The normalized spacial score (nSPS) is 29.7. The number of fused-ring (bicyclic) bond motifs is 13. The number of ketones is 1. The number of ether oxygens (including phenoxy) is 3. The maximum Gasteiger partial charge on any atom is 0.318 e. The predicted octanol–water partition coefficient (Wildman–Crippen LogP) is 7.25. The average molecular weight is 1060 g/mol. The van der Waals surface area contributed by atoms with E-state index in [0.717, 1.165) is 52.7 Å². The summed E-state index contributed by atoms with van der Waals surface area (Å²) in [5, 5.41) is 46.7. The molecule has 1 spiro atoms. The minimum Gasteiger partial charge on any atom is -0.507 e. The van der Waals surface area contributed by atoms with Crippen LogP contribution in [0, 0.1) is 42.4 Å². The molecule has 3 saturated heterocycles. The van der Waals surface area contributed by atoms with Crippen molar-refractivity contribution in [1.29, 1.82) is 0 Å². The second kappa shape index (κ2) is 24.5.